The lowest BCUT2D eigenvalue weighted by Crippen LogP contribution is -2.48. The van der Waals surface area contributed by atoms with E-state index in [1.165, 1.54) is 0 Å². The van der Waals surface area contributed by atoms with E-state index in [1.807, 2.05) is 44.4 Å². The smallest absolute Gasteiger partial charge is 0.409 e. The lowest BCUT2D eigenvalue weighted by atomic mass is 10.0. The zero-order chi connectivity index (χ0) is 14.5. The minimum absolute atomic E-state index is 0.0828. The Labute approximate surface area is 116 Å². The van der Waals surface area contributed by atoms with Crippen LogP contribution in [0, 0.1) is 0 Å². The summed E-state index contributed by atoms with van der Waals surface area (Å²) in [6.45, 7) is 5.11. The largest absolute Gasteiger partial charge is 0.445 e. The summed E-state index contributed by atoms with van der Waals surface area (Å²) in [5.74, 6) is 0. The number of rotatable bonds is 5. The third-order valence-corrected chi connectivity index (χ3v) is 3.35. The highest BCUT2D eigenvalue weighted by atomic mass is 16.6. The summed E-state index contributed by atoms with van der Waals surface area (Å²) < 4.78 is 5.28. The fourth-order valence-corrected chi connectivity index (χ4v) is 1.62. The molecular formula is C15H24N2O2. The molecule has 0 saturated heterocycles. The van der Waals surface area contributed by atoms with Gasteiger partial charge in [0.2, 0.25) is 0 Å². The molecule has 0 radical (unpaired) electrons. The van der Waals surface area contributed by atoms with Crippen LogP contribution in [0.15, 0.2) is 30.3 Å². The van der Waals surface area contributed by atoms with Gasteiger partial charge in [-0.15, -0.1) is 0 Å². The lowest BCUT2D eigenvalue weighted by Gasteiger charge is -2.35. The van der Waals surface area contributed by atoms with E-state index in [4.69, 9.17) is 4.74 Å². The number of likely N-dealkylation sites (N-methyl/N-ethyl adjacent to an activating group) is 2. The summed E-state index contributed by atoms with van der Waals surface area (Å²) in [6.07, 6.45) is -0.293. The molecule has 1 aromatic carbocycles. The molecule has 0 N–H and O–H groups in total. The number of hydrogen-bond donors (Lipinski definition) is 0. The van der Waals surface area contributed by atoms with Crippen LogP contribution in [0.2, 0.25) is 0 Å². The van der Waals surface area contributed by atoms with Gasteiger partial charge in [-0.3, -0.25) is 0 Å². The highest BCUT2D eigenvalue weighted by Crippen LogP contribution is 2.12. The number of hydrogen-bond acceptors (Lipinski definition) is 3. The first kappa shape index (κ1) is 15.5. The van der Waals surface area contributed by atoms with Gasteiger partial charge >= 0.3 is 6.09 Å². The molecule has 1 aromatic rings. The van der Waals surface area contributed by atoms with E-state index in [0.717, 1.165) is 5.56 Å². The topological polar surface area (TPSA) is 32.8 Å². The van der Waals surface area contributed by atoms with Crippen LogP contribution < -0.4 is 0 Å². The van der Waals surface area contributed by atoms with E-state index in [-0.39, 0.29) is 11.6 Å². The molecule has 1 amide bonds. The summed E-state index contributed by atoms with van der Waals surface area (Å²) in [4.78, 5) is 15.6. The fourth-order valence-electron chi connectivity index (χ4n) is 1.62. The van der Waals surface area contributed by atoms with Crippen molar-refractivity contribution in [1.82, 2.24) is 9.80 Å². The summed E-state index contributed by atoms with van der Waals surface area (Å²) in [5.41, 5.74) is 0.914. The Morgan fingerprint density at radius 2 is 1.74 bits per heavy atom. The van der Waals surface area contributed by atoms with E-state index >= 15 is 0 Å². The third kappa shape index (κ3) is 4.91. The van der Waals surface area contributed by atoms with Crippen molar-refractivity contribution in [2.24, 2.45) is 0 Å². The number of carbonyl (C=O) groups is 1. The van der Waals surface area contributed by atoms with Crippen molar-refractivity contribution in [2.75, 3.05) is 27.7 Å². The highest BCUT2D eigenvalue weighted by molar-refractivity contribution is 5.67. The summed E-state index contributed by atoms with van der Waals surface area (Å²) >= 11 is 0. The quantitative estimate of drug-likeness (QED) is 0.819. The first-order valence-electron chi connectivity index (χ1n) is 6.42. The second kappa shape index (κ2) is 6.57. The average molecular weight is 264 g/mol. The van der Waals surface area contributed by atoms with E-state index in [9.17, 15) is 4.79 Å². The molecule has 0 aliphatic carbocycles. The number of nitrogens with zero attached hydrogens (tertiary/aromatic N) is 2. The molecule has 4 nitrogen and oxygen atoms in total. The maximum Gasteiger partial charge on any atom is 0.409 e. The molecule has 0 aliphatic heterocycles. The highest BCUT2D eigenvalue weighted by Gasteiger charge is 2.25. The molecule has 0 aliphatic rings. The van der Waals surface area contributed by atoms with Gasteiger partial charge in [0.05, 0.1) is 0 Å². The number of amides is 1. The number of carbonyl (C=O) groups excluding carboxylic acids is 1. The Bertz CT molecular complexity index is 402. The molecule has 0 heterocycles. The van der Waals surface area contributed by atoms with Gasteiger partial charge < -0.3 is 14.5 Å². The molecule has 4 heteroatoms. The average Bonchev–Trinajstić information content (AvgIpc) is 2.36. The molecule has 0 aromatic heterocycles. The minimum atomic E-state index is -0.293. The van der Waals surface area contributed by atoms with Crippen LogP contribution in [0.25, 0.3) is 0 Å². The van der Waals surface area contributed by atoms with Crippen LogP contribution in [0.1, 0.15) is 19.4 Å². The summed E-state index contributed by atoms with van der Waals surface area (Å²) in [6, 6.07) is 9.69. The SMILES string of the molecule is CN(CC(C)(C)N(C)C)C(=O)OCc1ccccc1. The summed E-state index contributed by atoms with van der Waals surface area (Å²) in [7, 11) is 5.77. The van der Waals surface area contributed by atoms with Crippen molar-refractivity contribution in [2.45, 2.75) is 26.0 Å². The van der Waals surface area contributed by atoms with Gasteiger partial charge in [-0.1, -0.05) is 30.3 Å². The van der Waals surface area contributed by atoms with Crippen LogP contribution in [0.5, 0.6) is 0 Å². The predicted octanol–water partition coefficient (Wildman–Crippen LogP) is 2.60. The first-order valence-corrected chi connectivity index (χ1v) is 6.42. The maximum absolute atomic E-state index is 11.9. The van der Waals surface area contributed by atoms with Crippen LogP contribution in [0.4, 0.5) is 4.79 Å². The van der Waals surface area contributed by atoms with Crippen molar-refractivity contribution < 1.29 is 9.53 Å². The number of benzene rings is 1. The van der Waals surface area contributed by atoms with Gasteiger partial charge in [0.15, 0.2) is 0 Å². The Morgan fingerprint density at radius 1 is 1.16 bits per heavy atom. The van der Waals surface area contributed by atoms with Crippen LogP contribution in [-0.4, -0.2) is 49.1 Å². The Balaban J connectivity index is 2.45. The molecule has 0 spiro atoms. The van der Waals surface area contributed by atoms with Gasteiger partial charge in [-0.25, -0.2) is 4.79 Å². The fraction of sp³-hybridized carbons (Fsp3) is 0.533. The minimum Gasteiger partial charge on any atom is -0.445 e. The Hall–Kier alpha value is -1.55. The van der Waals surface area contributed by atoms with E-state index in [1.54, 1.807) is 11.9 Å². The van der Waals surface area contributed by atoms with E-state index in [2.05, 4.69) is 18.7 Å². The molecule has 0 atom stereocenters. The first-order chi connectivity index (χ1) is 8.83. The van der Waals surface area contributed by atoms with Crippen LogP contribution in [-0.2, 0) is 11.3 Å². The Morgan fingerprint density at radius 3 is 2.26 bits per heavy atom. The molecule has 0 saturated carbocycles. The van der Waals surface area contributed by atoms with Crippen LogP contribution in [0.3, 0.4) is 0 Å². The molecule has 0 unspecified atom stereocenters. The second-order valence-corrected chi connectivity index (χ2v) is 5.60. The third-order valence-electron chi connectivity index (χ3n) is 3.35. The Kier molecular flexibility index (Phi) is 5.36. The lowest BCUT2D eigenvalue weighted by molar-refractivity contribution is 0.0800. The van der Waals surface area contributed by atoms with Crippen molar-refractivity contribution in [3.63, 3.8) is 0 Å². The maximum atomic E-state index is 11.9. The molecule has 106 valence electrons. The van der Waals surface area contributed by atoms with Gasteiger partial charge in [-0.05, 0) is 33.5 Å². The van der Waals surface area contributed by atoms with E-state index < -0.39 is 0 Å². The zero-order valence-electron chi connectivity index (χ0n) is 12.5. The normalized spacial score (nSPS) is 11.5. The van der Waals surface area contributed by atoms with Crippen molar-refractivity contribution in [1.29, 1.82) is 0 Å². The number of ether oxygens (including phenoxy) is 1. The monoisotopic (exact) mass is 264 g/mol. The van der Waals surface area contributed by atoms with Gasteiger partial charge in [-0.2, -0.15) is 0 Å². The second-order valence-electron chi connectivity index (χ2n) is 5.60. The molecule has 1 rings (SSSR count). The van der Waals surface area contributed by atoms with Gasteiger partial charge in [0, 0.05) is 19.1 Å². The standard InChI is InChI=1S/C15H24N2O2/c1-15(2,16(3)4)12-17(5)14(18)19-11-13-9-7-6-8-10-13/h6-10H,11-12H2,1-5H3. The van der Waals surface area contributed by atoms with E-state index in [0.29, 0.717) is 13.2 Å². The molecule has 0 fully saturated rings. The van der Waals surface area contributed by atoms with Crippen molar-refractivity contribution in [3.05, 3.63) is 35.9 Å². The molecule has 19 heavy (non-hydrogen) atoms. The van der Waals surface area contributed by atoms with Crippen molar-refractivity contribution in [3.8, 4) is 0 Å². The van der Waals surface area contributed by atoms with Crippen LogP contribution >= 0.6 is 0 Å². The van der Waals surface area contributed by atoms with Gasteiger partial charge in [0.1, 0.15) is 6.61 Å². The zero-order valence-corrected chi connectivity index (χ0v) is 12.5. The van der Waals surface area contributed by atoms with Crippen molar-refractivity contribution >= 4 is 6.09 Å². The van der Waals surface area contributed by atoms with Gasteiger partial charge in [0.25, 0.3) is 0 Å². The predicted molar refractivity (Wildman–Crippen MR) is 77.0 cm³/mol. The molecular weight excluding hydrogens is 240 g/mol. The molecule has 0 bridgehead atoms. The summed E-state index contributed by atoms with van der Waals surface area (Å²) in [5, 5.41) is 0.